The molecule has 1 aromatic carbocycles. The van der Waals surface area contributed by atoms with Gasteiger partial charge in [-0.25, -0.2) is 0 Å². The van der Waals surface area contributed by atoms with Gasteiger partial charge in [0.25, 0.3) is 0 Å². The summed E-state index contributed by atoms with van der Waals surface area (Å²) in [6.07, 6.45) is 0.822. The Labute approximate surface area is 108 Å². The minimum Gasteiger partial charge on any atom is -0.487 e. The Morgan fingerprint density at radius 1 is 1.41 bits per heavy atom. The molecule has 0 aliphatic rings. The molecule has 0 heterocycles. The Balaban J connectivity index is 2.86. The molecule has 90 valence electrons. The summed E-state index contributed by atoms with van der Waals surface area (Å²) in [4.78, 5) is 10.2. The smallest absolute Gasteiger partial charge is 0.312 e. The van der Waals surface area contributed by atoms with Crippen molar-refractivity contribution < 1.29 is 9.66 Å². The largest absolute Gasteiger partial charge is 0.487 e. The van der Waals surface area contributed by atoms with Gasteiger partial charge in [0.15, 0.2) is 5.75 Å². The minimum absolute atomic E-state index is 0.0577. The van der Waals surface area contributed by atoms with E-state index in [0.29, 0.717) is 12.8 Å². The third-order valence-corrected chi connectivity index (χ3v) is 2.61. The number of benzene rings is 1. The molecule has 0 aliphatic heterocycles. The second-order valence-corrected chi connectivity index (χ2v) is 3.92. The van der Waals surface area contributed by atoms with Crippen molar-refractivity contribution in [3.8, 4) is 11.8 Å². The molecule has 1 rings (SSSR count). The van der Waals surface area contributed by atoms with Crippen molar-refractivity contribution in [3.05, 3.63) is 32.3 Å². The van der Waals surface area contributed by atoms with Crippen LogP contribution in [0.3, 0.4) is 0 Å². The first-order valence-electron chi connectivity index (χ1n) is 4.69. The summed E-state index contributed by atoms with van der Waals surface area (Å²) in [5.74, 6) is 0.0577. The van der Waals surface area contributed by atoms with Crippen molar-refractivity contribution >= 4 is 28.9 Å². The molecular weight excluding hydrogens is 267 g/mol. The van der Waals surface area contributed by atoms with E-state index in [9.17, 15) is 10.1 Å². The lowest BCUT2D eigenvalue weighted by Gasteiger charge is -2.06. The van der Waals surface area contributed by atoms with Gasteiger partial charge < -0.3 is 4.74 Å². The zero-order valence-electron chi connectivity index (χ0n) is 8.65. The highest BCUT2D eigenvalue weighted by molar-refractivity contribution is 6.42. The number of nitriles is 1. The number of hydrogen-bond donors (Lipinski definition) is 0. The molecule has 0 spiro atoms. The Hall–Kier alpha value is -1.51. The maximum atomic E-state index is 10.7. The standard InChI is InChI=1S/C10H8Cl2N2O3/c11-7-5-9(14(15)16)10(6-8(7)12)17-4-2-1-3-13/h5-6H,1-2,4H2. The molecule has 0 saturated carbocycles. The zero-order chi connectivity index (χ0) is 12.8. The minimum atomic E-state index is -0.595. The van der Waals surface area contributed by atoms with Gasteiger partial charge in [-0.3, -0.25) is 10.1 Å². The topological polar surface area (TPSA) is 76.2 Å². The van der Waals surface area contributed by atoms with Crippen LogP contribution >= 0.6 is 23.2 Å². The molecule has 0 amide bonds. The molecule has 0 fully saturated rings. The van der Waals surface area contributed by atoms with Crippen molar-refractivity contribution in [2.45, 2.75) is 12.8 Å². The summed E-state index contributed by atoms with van der Waals surface area (Å²) in [6.45, 7) is 0.215. The highest BCUT2D eigenvalue weighted by Crippen LogP contribution is 2.35. The molecule has 0 aromatic heterocycles. The molecule has 0 radical (unpaired) electrons. The van der Waals surface area contributed by atoms with E-state index in [2.05, 4.69) is 0 Å². The molecule has 17 heavy (non-hydrogen) atoms. The fourth-order valence-electron chi connectivity index (χ4n) is 1.11. The maximum Gasteiger partial charge on any atom is 0.312 e. The molecule has 7 heteroatoms. The van der Waals surface area contributed by atoms with E-state index in [0.717, 1.165) is 6.07 Å². The average molecular weight is 275 g/mol. The molecule has 5 nitrogen and oxygen atoms in total. The van der Waals surface area contributed by atoms with Crippen LogP contribution in [0.1, 0.15) is 12.8 Å². The Kier molecular flexibility index (Phi) is 5.01. The van der Waals surface area contributed by atoms with Crippen LogP contribution < -0.4 is 4.74 Å². The second kappa shape index (κ2) is 6.28. The fraction of sp³-hybridized carbons (Fsp3) is 0.300. The fourth-order valence-corrected chi connectivity index (χ4v) is 1.42. The van der Waals surface area contributed by atoms with Crippen LogP contribution in [0.15, 0.2) is 12.1 Å². The quantitative estimate of drug-likeness (QED) is 0.467. The summed E-state index contributed by atoms with van der Waals surface area (Å²) < 4.78 is 5.20. The van der Waals surface area contributed by atoms with E-state index in [1.54, 1.807) is 0 Å². The number of hydrogen-bond acceptors (Lipinski definition) is 4. The van der Waals surface area contributed by atoms with Crippen LogP contribution in [0.4, 0.5) is 5.69 Å². The highest BCUT2D eigenvalue weighted by Gasteiger charge is 2.18. The molecule has 0 unspecified atom stereocenters. The van der Waals surface area contributed by atoms with Crippen molar-refractivity contribution in [2.24, 2.45) is 0 Å². The van der Waals surface area contributed by atoms with Crippen LogP contribution in [-0.4, -0.2) is 11.5 Å². The second-order valence-electron chi connectivity index (χ2n) is 3.10. The van der Waals surface area contributed by atoms with Crippen molar-refractivity contribution in [3.63, 3.8) is 0 Å². The Morgan fingerprint density at radius 2 is 2.06 bits per heavy atom. The van der Waals surface area contributed by atoms with Gasteiger partial charge in [-0.15, -0.1) is 0 Å². The number of halogens is 2. The lowest BCUT2D eigenvalue weighted by atomic mass is 10.3. The van der Waals surface area contributed by atoms with E-state index >= 15 is 0 Å². The van der Waals surface area contributed by atoms with Gasteiger partial charge in [0.05, 0.1) is 27.6 Å². The summed E-state index contributed by atoms with van der Waals surface area (Å²) >= 11 is 11.4. The molecule has 0 atom stereocenters. The van der Waals surface area contributed by atoms with Gasteiger partial charge in [-0.1, -0.05) is 23.2 Å². The van der Waals surface area contributed by atoms with Crippen molar-refractivity contribution in [2.75, 3.05) is 6.61 Å². The van der Waals surface area contributed by atoms with Crippen LogP contribution in [0.25, 0.3) is 0 Å². The third kappa shape index (κ3) is 3.77. The van der Waals surface area contributed by atoms with Crippen LogP contribution in [-0.2, 0) is 0 Å². The van der Waals surface area contributed by atoms with Crippen molar-refractivity contribution in [1.29, 1.82) is 5.26 Å². The van der Waals surface area contributed by atoms with Gasteiger partial charge >= 0.3 is 5.69 Å². The van der Waals surface area contributed by atoms with E-state index in [-0.39, 0.29) is 28.1 Å². The Morgan fingerprint density at radius 3 is 2.65 bits per heavy atom. The van der Waals surface area contributed by atoms with Crippen LogP contribution in [0.5, 0.6) is 5.75 Å². The van der Waals surface area contributed by atoms with Gasteiger partial charge in [0.2, 0.25) is 0 Å². The predicted octanol–water partition coefficient (Wildman–Crippen LogP) is 3.58. The molecule has 0 saturated heterocycles. The summed E-state index contributed by atoms with van der Waals surface area (Å²) in [7, 11) is 0. The normalized spacial score (nSPS) is 9.71. The summed E-state index contributed by atoms with van der Waals surface area (Å²) in [5, 5.41) is 19.4. The molecule has 1 aromatic rings. The summed E-state index contributed by atoms with van der Waals surface area (Å²) in [5.41, 5.74) is -0.239. The summed E-state index contributed by atoms with van der Waals surface area (Å²) in [6, 6.07) is 4.39. The van der Waals surface area contributed by atoms with Gasteiger partial charge in [-0.05, 0) is 6.42 Å². The Bertz CT molecular complexity index is 471. The third-order valence-electron chi connectivity index (χ3n) is 1.89. The van der Waals surface area contributed by atoms with E-state index in [4.69, 9.17) is 33.2 Å². The van der Waals surface area contributed by atoms with Crippen LogP contribution in [0.2, 0.25) is 10.0 Å². The highest BCUT2D eigenvalue weighted by atomic mass is 35.5. The SMILES string of the molecule is N#CCCCOc1cc(Cl)c(Cl)cc1[N+](=O)[O-]. The number of unbranched alkanes of at least 4 members (excludes halogenated alkanes) is 1. The molecular formula is C10H8Cl2N2O3. The van der Waals surface area contributed by atoms with Crippen molar-refractivity contribution in [1.82, 2.24) is 0 Å². The van der Waals surface area contributed by atoms with Crippen LogP contribution in [0, 0.1) is 21.4 Å². The van der Waals surface area contributed by atoms with Gasteiger partial charge in [0, 0.05) is 18.6 Å². The van der Waals surface area contributed by atoms with Gasteiger partial charge in [-0.2, -0.15) is 5.26 Å². The first kappa shape index (κ1) is 13.6. The first-order valence-corrected chi connectivity index (χ1v) is 5.45. The van der Waals surface area contributed by atoms with Gasteiger partial charge in [0.1, 0.15) is 0 Å². The maximum absolute atomic E-state index is 10.7. The molecule has 0 aliphatic carbocycles. The molecule has 0 bridgehead atoms. The number of nitro groups is 1. The number of nitrogens with zero attached hydrogens (tertiary/aromatic N) is 2. The zero-order valence-corrected chi connectivity index (χ0v) is 10.2. The predicted molar refractivity (Wildman–Crippen MR) is 63.5 cm³/mol. The lowest BCUT2D eigenvalue weighted by Crippen LogP contribution is -2.00. The lowest BCUT2D eigenvalue weighted by molar-refractivity contribution is -0.385. The number of nitro benzene ring substituents is 1. The first-order chi connectivity index (χ1) is 8.06. The monoisotopic (exact) mass is 274 g/mol. The number of ether oxygens (including phenoxy) is 1. The molecule has 0 N–H and O–H groups in total. The van der Waals surface area contributed by atoms with E-state index in [1.165, 1.54) is 6.07 Å². The number of rotatable bonds is 5. The average Bonchev–Trinajstić information content (AvgIpc) is 2.28. The van der Waals surface area contributed by atoms with E-state index < -0.39 is 4.92 Å². The van der Waals surface area contributed by atoms with E-state index in [1.807, 2.05) is 6.07 Å².